The molecular formula is C17H15Cl2N3O3. The Morgan fingerprint density at radius 2 is 1.96 bits per heavy atom. The summed E-state index contributed by atoms with van der Waals surface area (Å²) in [5, 5.41) is 20.9. The summed E-state index contributed by atoms with van der Waals surface area (Å²) in [5.41, 5.74) is 0.759. The number of aliphatic hydroxyl groups is 1. The molecular weight excluding hydrogens is 365 g/mol. The molecule has 1 aromatic carbocycles. The lowest BCUT2D eigenvalue weighted by molar-refractivity contribution is -0.137. The Balaban J connectivity index is 2.41. The average Bonchev–Trinajstić information content (AvgIpc) is 2.87. The molecule has 0 bridgehead atoms. The molecule has 130 valence electrons. The SMILES string of the molecule is CC(C)(O)c1ncnc2c1c(-c1cccc(Cl)c1Cl)cn2CC(=O)O. The fourth-order valence-corrected chi connectivity index (χ4v) is 3.17. The van der Waals surface area contributed by atoms with Crippen molar-refractivity contribution in [2.24, 2.45) is 0 Å². The fourth-order valence-electron chi connectivity index (χ4n) is 2.77. The maximum atomic E-state index is 11.2. The molecule has 0 saturated heterocycles. The predicted octanol–water partition coefficient (Wildman–Crippen LogP) is 3.72. The van der Waals surface area contributed by atoms with Crippen molar-refractivity contribution in [3.05, 3.63) is 46.5 Å². The Labute approximate surface area is 153 Å². The molecule has 6 nitrogen and oxygen atoms in total. The van der Waals surface area contributed by atoms with E-state index in [1.165, 1.54) is 10.9 Å². The summed E-state index contributed by atoms with van der Waals surface area (Å²) in [4.78, 5) is 19.6. The summed E-state index contributed by atoms with van der Waals surface area (Å²) >= 11 is 12.5. The van der Waals surface area contributed by atoms with Crippen LogP contribution in [0.25, 0.3) is 22.2 Å². The molecule has 25 heavy (non-hydrogen) atoms. The molecule has 0 unspecified atom stereocenters. The van der Waals surface area contributed by atoms with Crippen molar-refractivity contribution < 1.29 is 15.0 Å². The molecule has 0 aliphatic carbocycles. The molecule has 0 aliphatic heterocycles. The van der Waals surface area contributed by atoms with Crippen LogP contribution in [0.3, 0.4) is 0 Å². The van der Waals surface area contributed by atoms with Gasteiger partial charge in [0.2, 0.25) is 0 Å². The molecule has 0 amide bonds. The summed E-state index contributed by atoms with van der Waals surface area (Å²) in [5.74, 6) is -1.01. The van der Waals surface area contributed by atoms with E-state index in [-0.39, 0.29) is 6.54 Å². The Bertz CT molecular complexity index is 977. The van der Waals surface area contributed by atoms with Gasteiger partial charge in [-0.2, -0.15) is 0 Å². The van der Waals surface area contributed by atoms with Crippen molar-refractivity contribution >= 4 is 40.2 Å². The molecule has 2 heterocycles. The number of carbonyl (C=O) groups is 1. The molecule has 0 aliphatic rings. The van der Waals surface area contributed by atoms with Gasteiger partial charge in [0.05, 0.1) is 21.1 Å². The van der Waals surface area contributed by atoms with Gasteiger partial charge in [0.25, 0.3) is 0 Å². The summed E-state index contributed by atoms with van der Waals surface area (Å²) in [6.07, 6.45) is 2.94. The largest absolute Gasteiger partial charge is 0.480 e. The number of benzene rings is 1. The minimum absolute atomic E-state index is 0.281. The van der Waals surface area contributed by atoms with Gasteiger partial charge in [-0.1, -0.05) is 35.3 Å². The van der Waals surface area contributed by atoms with Crippen LogP contribution in [-0.2, 0) is 16.9 Å². The van der Waals surface area contributed by atoms with E-state index in [4.69, 9.17) is 23.2 Å². The quantitative estimate of drug-likeness (QED) is 0.720. The number of fused-ring (bicyclic) bond motifs is 1. The van der Waals surface area contributed by atoms with Gasteiger partial charge >= 0.3 is 5.97 Å². The van der Waals surface area contributed by atoms with Gasteiger partial charge in [0, 0.05) is 17.3 Å². The zero-order chi connectivity index (χ0) is 18.4. The number of carboxylic acids is 1. The third kappa shape index (κ3) is 3.20. The highest BCUT2D eigenvalue weighted by molar-refractivity contribution is 6.44. The Hall–Kier alpha value is -2.15. The number of aliphatic carboxylic acids is 1. The first-order valence-corrected chi connectivity index (χ1v) is 8.18. The molecule has 0 saturated carbocycles. The van der Waals surface area contributed by atoms with Crippen LogP contribution in [0, 0.1) is 0 Å². The number of hydrogen-bond acceptors (Lipinski definition) is 4. The lowest BCUT2D eigenvalue weighted by Crippen LogP contribution is -2.18. The molecule has 3 rings (SSSR count). The third-order valence-corrected chi connectivity index (χ3v) is 4.60. The van der Waals surface area contributed by atoms with Gasteiger partial charge in [-0.25, -0.2) is 9.97 Å². The van der Waals surface area contributed by atoms with Crippen LogP contribution in [0.2, 0.25) is 10.0 Å². The van der Waals surface area contributed by atoms with E-state index in [2.05, 4.69) is 9.97 Å². The number of halogens is 2. The lowest BCUT2D eigenvalue weighted by Gasteiger charge is -2.18. The Morgan fingerprint density at radius 1 is 1.24 bits per heavy atom. The van der Waals surface area contributed by atoms with Gasteiger partial charge in [-0.15, -0.1) is 0 Å². The van der Waals surface area contributed by atoms with Crippen molar-refractivity contribution in [1.82, 2.24) is 14.5 Å². The number of carboxylic acid groups (broad SMARTS) is 1. The minimum atomic E-state index is -1.25. The molecule has 0 radical (unpaired) electrons. The molecule has 0 atom stereocenters. The molecule has 8 heteroatoms. The average molecular weight is 380 g/mol. The van der Waals surface area contributed by atoms with Crippen LogP contribution in [0.5, 0.6) is 0 Å². The van der Waals surface area contributed by atoms with Gasteiger partial charge in [0.15, 0.2) is 0 Å². The first kappa shape index (κ1) is 17.7. The van der Waals surface area contributed by atoms with E-state index in [0.29, 0.717) is 37.9 Å². The summed E-state index contributed by atoms with van der Waals surface area (Å²) in [6.45, 7) is 2.93. The Kier molecular flexibility index (Phi) is 4.45. The smallest absolute Gasteiger partial charge is 0.323 e. The van der Waals surface area contributed by atoms with Gasteiger partial charge in [0.1, 0.15) is 24.1 Å². The van der Waals surface area contributed by atoms with Crippen molar-refractivity contribution in [2.45, 2.75) is 26.0 Å². The normalized spacial score (nSPS) is 11.9. The van der Waals surface area contributed by atoms with Crippen molar-refractivity contribution in [3.63, 3.8) is 0 Å². The first-order valence-electron chi connectivity index (χ1n) is 7.43. The zero-order valence-corrected chi connectivity index (χ0v) is 15.0. The molecule has 0 fully saturated rings. The van der Waals surface area contributed by atoms with Gasteiger partial charge < -0.3 is 14.8 Å². The molecule has 0 spiro atoms. The molecule has 3 aromatic rings. The van der Waals surface area contributed by atoms with Crippen molar-refractivity contribution in [2.75, 3.05) is 0 Å². The fraction of sp³-hybridized carbons (Fsp3) is 0.235. The van der Waals surface area contributed by atoms with E-state index >= 15 is 0 Å². The second kappa shape index (κ2) is 6.29. The van der Waals surface area contributed by atoms with E-state index in [1.807, 2.05) is 0 Å². The van der Waals surface area contributed by atoms with Crippen LogP contribution in [0.1, 0.15) is 19.5 Å². The van der Waals surface area contributed by atoms with Crippen LogP contribution in [-0.4, -0.2) is 30.7 Å². The second-order valence-corrected chi connectivity index (χ2v) is 6.93. The maximum absolute atomic E-state index is 11.2. The van der Waals surface area contributed by atoms with Crippen molar-refractivity contribution in [1.29, 1.82) is 0 Å². The second-order valence-electron chi connectivity index (χ2n) is 6.15. The summed E-state index contributed by atoms with van der Waals surface area (Å²) < 4.78 is 1.49. The van der Waals surface area contributed by atoms with Crippen LogP contribution in [0.4, 0.5) is 0 Å². The maximum Gasteiger partial charge on any atom is 0.323 e. The molecule has 2 aromatic heterocycles. The van der Waals surface area contributed by atoms with Gasteiger partial charge in [-0.3, -0.25) is 4.79 Å². The topological polar surface area (TPSA) is 88.2 Å². The monoisotopic (exact) mass is 379 g/mol. The van der Waals surface area contributed by atoms with E-state index in [9.17, 15) is 15.0 Å². The highest BCUT2D eigenvalue weighted by Crippen LogP contribution is 2.40. The highest BCUT2D eigenvalue weighted by atomic mass is 35.5. The van der Waals surface area contributed by atoms with Gasteiger partial charge in [-0.05, 0) is 19.9 Å². The Morgan fingerprint density at radius 3 is 2.60 bits per heavy atom. The number of hydrogen-bond donors (Lipinski definition) is 2. The van der Waals surface area contributed by atoms with Crippen molar-refractivity contribution in [3.8, 4) is 11.1 Å². The number of aromatic nitrogens is 3. The summed E-state index contributed by atoms with van der Waals surface area (Å²) in [7, 11) is 0. The van der Waals surface area contributed by atoms with E-state index in [1.54, 1.807) is 38.2 Å². The first-order chi connectivity index (χ1) is 11.7. The lowest BCUT2D eigenvalue weighted by atomic mass is 9.97. The van der Waals surface area contributed by atoms with Crippen LogP contribution >= 0.6 is 23.2 Å². The molecule has 2 N–H and O–H groups in total. The zero-order valence-electron chi connectivity index (χ0n) is 13.5. The van der Waals surface area contributed by atoms with Crippen LogP contribution < -0.4 is 0 Å². The minimum Gasteiger partial charge on any atom is -0.480 e. The van der Waals surface area contributed by atoms with E-state index in [0.717, 1.165) is 0 Å². The number of nitrogens with zero attached hydrogens (tertiary/aromatic N) is 3. The third-order valence-electron chi connectivity index (χ3n) is 3.78. The number of rotatable bonds is 4. The standard InChI is InChI=1S/C17H15Cl2N3O3/c1-17(2,25)15-13-10(9-4-3-5-11(18)14(9)19)6-22(7-12(23)24)16(13)21-8-20-15/h3-6,8,25H,7H2,1-2H3,(H,23,24). The van der Waals surface area contributed by atoms with E-state index < -0.39 is 11.6 Å². The van der Waals surface area contributed by atoms with Crippen LogP contribution in [0.15, 0.2) is 30.7 Å². The highest BCUT2D eigenvalue weighted by Gasteiger charge is 2.27. The predicted molar refractivity (Wildman–Crippen MR) is 95.9 cm³/mol. The summed E-state index contributed by atoms with van der Waals surface area (Å²) in [6, 6.07) is 5.18.